The third-order valence-corrected chi connectivity index (χ3v) is 4.10. The molecule has 1 heterocycles. The van der Waals surface area contributed by atoms with Crippen LogP contribution in [-0.4, -0.2) is 48.5 Å². The molecule has 7 heteroatoms. The van der Waals surface area contributed by atoms with Crippen LogP contribution in [-0.2, 0) is 4.79 Å². The number of para-hydroxylation sites is 1. The summed E-state index contributed by atoms with van der Waals surface area (Å²) in [5, 5.41) is 11.5. The van der Waals surface area contributed by atoms with Gasteiger partial charge in [0.25, 0.3) is 0 Å². The summed E-state index contributed by atoms with van der Waals surface area (Å²) in [5.74, 6) is 0.390. The number of amides is 1. The second-order valence-electron chi connectivity index (χ2n) is 6.13. The number of rotatable bonds is 5. The molecule has 2 rings (SSSR count). The van der Waals surface area contributed by atoms with Crippen molar-refractivity contribution < 1.29 is 14.5 Å². The molecule has 0 spiro atoms. The lowest BCUT2D eigenvalue weighted by Gasteiger charge is -2.24. The number of anilines is 1. The van der Waals surface area contributed by atoms with Crippen LogP contribution in [0.15, 0.2) is 18.2 Å². The largest absolute Gasteiger partial charge is 0.487 e. The van der Waals surface area contributed by atoms with E-state index in [4.69, 9.17) is 4.74 Å². The van der Waals surface area contributed by atoms with E-state index in [0.29, 0.717) is 44.2 Å². The number of nitrogens with zero attached hydrogens (tertiary/aromatic N) is 3. The normalized spacial score (nSPS) is 15.3. The molecule has 1 amide bonds. The number of nitro groups is 1. The van der Waals surface area contributed by atoms with Gasteiger partial charge in [0.2, 0.25) is 5.91 Å². The molecule has 0 aliphatic carbocycles. The van der Waals surface area contributed by atoms with E-state index in [1.54, 1.807) is 25.1 Å². The molecular weight excluding hydrogens is 310 g/mol. The van der Waals surface area contributed by atoms with E-state index < -0.39 is 0 Å². The molecule has 1 aromatic carbocycles. The third-order valence-electron chi connectivity index (χ3n) is 4.10. The number of hydrogen-bond acceptors (Lipinski definition) is 5. The van der Waals surface area contributed by atoms with Crippen molar-refractivity contribution >= 4 is 17.3 Å². The highest BCUT2D eigenvalue weighted by atomic mass is 16.6. The van der Waals surface area contributed by atoms with Gasteiger partial charge in [0.1, 0.15) is 5.69 Å². The highest BCUT2D eigenvalue weighted by Gasteiger charge is 2.27. The number of ether oxygens (including phenoxy) is 1. The van der Waals surface area contributed by atoms with Gasteiger partial charge < -0.3 is 14.5 Å². The molecule has 0 bridgehead atoms. The van der Waals surface area contributed by atoms with Crippen LogP contribution in [0, 0.1) is 16.0 Å². The number of hydrogen-bond donors (Lipinski definition) is 0. The van der Waals surface area contributed by atoms with Gasteiger partial charge in [0.15, 0.2) is 5.75 Å². The zero-order valence-corrected chi connectivity index (χ0v) is 14.5. The van der Waals surface area contributed by atoms with Crippen molar-refractivity contribution in [3.05, 3.63) is 28.3 Å². The molecule has 7 nitrogen and oxygen atoms in total. The molecule has 0 atom stereocenters. The van der Waals surface area contributed by atoms with Crippen molar-refractivity contribution in [3.63, 3.8) is 0 Å². The molecule has 132 valence electrons. The highest BCUT2D eigenvalue weighted by molar-refractivity contribution is 5.78. The van der Waals surface area contributed by atoms with Crippen molar-refractivity contribution in [2.45, 2.75) is 27.2 Å². The lowest BCUT2D eigenvalue weighted by molar-refractivity contribution is -0.385. The Bertz CT molecular complexity index is 603. The quantitative estimate of drug-likeness (QED) is 0.611. The zero-order valence-electron chi connectivity index (χ0n) is 14.5. The van der Waals surface area contributed by atoms with Crippen molar-refractivity contribution in [3.8, 4) is 5.75 Å². The fourth-order valence-corrected chi connectivity index (χ4v) is 2.97. The number of carbonyl (C=O) groups is 1. The lowest BCUT2D eigenvalue weighted by atomic mass is 10.2. The Labute approximate surface area is 142 Å². The molecule has 0 N–H and O–H groups in total. The minimum absolute atomic E-state index is 0.00276. The molecule has 0 unspecified atom stereocenters. The molecule has 0 saturated carbocycles. The molecule has 0 radical (unpaired) electrons. The number of benzene rings is 1. The van der Waals surface area contributed by atoms with Crippen LogP contribution in [0.25, 0.3) is 0 Å². The molecule has 1 fully saturated rings. The molecule has 1 aliphatic heterocycles. The van der Waals surface area contributed by atoms with Gasteiger partial charge in [-0.05, 0) is 25.5 Å². The predicted molar refractivity (Wildman–Crippen MR) is 92.5 cm³/mol. The summed E-state index contributed by atoms with van der Waals surface area (Å²) < 4.78 is 5.42. The third kappa shape index (κ3) is 3.96. The molecule has 0 aromatic heterocycles. The smallest absolute Gasteiger partial charge is 0.333 e. The second-order valence-corrected chi connectivity index (χ2v) is 6.13. The van der Waals surface area contributed by atoms with E-state index in [1.807, 2.05) is 23.6 Å². The standard InChI is InChI=1S/C17H25N3O4/c1-4-24-15-8-5-7-14(16(15)20(22)23)18-9-6-10-19(12-11-18)17(21)13(2)3/h5,7-8,13H,4,6,9-12H2,1-3H3. The monoisotopic (exact) mass is 335 g/mol. The van der Waals surface area contributed by atoms with Crippen LogP contribution in [0.2, 0.25) is 0 Å². The second kappa shape index (κ2) is 7.99. The minimum atomic E-state index is -0.387. The maximum atomic E-state index is 12.2. The van der Waals surface area contributed by atoms with Gasteiger partial charge in [-0.3, -0.25) is 14.9 Å². The summed E-state index contributed by atoms with van der Waals surface area (Å²) in [6, 6.07) is 5.15. The Morgan fingerprint density at radius 3 is 2.67 bits per heavy atom. The summed E-state index contributed by atoms with van der Waals surface area (Å²) in [4.78, 5) is 27.2. The topological polar surface area (TPSA) is 75.9 Å². The van der Waals surface area contributed by atoms with Crippen LogP contribution in [0.5, 0.6) is 5.75 Å². The van der Waals surface area contributed by atoms with Gasteiger partial charge >= 0.3 is 5.69 Å². The van der Waals surface area contributed by atoms with Gasteiger partial charge in [-0.1, -0.05) is 19.9 Å². The number of nitro benzene ring substituents is 1. The maximum absolute atomic E-state index is 12.2. The van der Waals surface area contributed by atoms with Crippen LogP contribution in [0.4, 0.5) is 11.4 Å². The van der Waals surface area contributed by atoms with Gasteiger partial charge in [-0.25, -0.2) is 0 Å². The van der Waals surface area contributed by atoms with E-state index in [1.165, 1.54) is 0 Å². The van der Waals surface area contributed by atoms with Gasteiger partial charge in [-0.2, -0.15) is 0 Å². The Hall–Kier alpha value is -2.31. The summed E-state index contributed by atoms with van der Waals surface area (Å²) in [7, 11) is 0. The van der Waals surface area contributed by atoms with Crippen LogP contribution in [0.1, 0.15) is 27.2 Å². The zero-order chi connectivity index (χ0) is 17.7. The van der Waals surface area contributed by atoms with E-state index in [2.05, 4.69) is 0 Å². The number of carbonyl (C=O) groups excluding carboxylic acids is 1. The van der Waals surface area contributed by atoms with Gasteiger partial charge in [0, 0.05) is 32.1 Å². The Morgan fingerprint density at radius 2 is 2.04 bits per heavy atom. The first-order valence-electron chi connectivity index (χ1n) is 8.39. The fourth-order valence-electron chi connectivity index (χ4n) is 2.97. The summed E-state index contributed by atoms with van der Waals surface area (Å²) in [5.41, 5.74) is 0.563. The van der Waals surface area contributed by atoms with E-state index in [-0.39, 0.29) is 22.4 Å². The maximum Gasteiger partial charge on any atom is 0.333 e. The van der Waals surface area contributed by atoms with Crippen LogP contribution in [0.3, 0.4) is 0 Å². The fraction of sp³-hybridized carbons (Fsp3) is 0.588. The van der Waals surface area contributed by atoms with Gasteiger partial charge in [-0.15, -0.1) is 0 Å². The Kier molecular flexibility index (Phi) is 6.00. The predicted octanol–water partition coefficient (Wildman–Crippen LogP) is 2.69. The van der Waals surface area contributed by atoms with Crippen molar-refractivity contribution in [1.29, 1.82) is 0 Å². The van der Waals surface area contributed by atoms with Crippen LogP contribution < -0.4 is 9.64 Å². The van der Waals surface area contributed by atoms with Crippen LogP contribution >= 0.6 is 0 Å². The van der Waals surface area contributed by atoms with Crippen molar-refractivity contribution in [2.75, 3.05) is 37.7 Å². The van der Waals surface area contributed by atoms with E-state index in [0.717, 1.165) is 6.42 Å². The van der Waals surface area contributed by atoms with Crippen molar-refractivity contribution in [2.24, 2.45) is 5.92 Å². The first-order valence-corrected chi connectivity index (χ1v) is 8.39. The summed E-state index contributed by atoms with van der Waals surface area (Å²) >= 11 is 0. The van der Waals surface area contributed by atoms with Gasteiger partial charge in [0.05, 0.1) is 11.5 Å². The van der Waals surface area contributed by atoms with Crippen molar-refractivity contribution in [1.82, 2.24) is 4.90 Å². The lowest BCUT2D eigenvalue weighted by Crippen LogP contribution is -2.37. The molecule has 1 saturated heterocycles. The molecule has 1 aliphatic rings. The SMILES string of the molecule is CCOc1cccc(N2CCCN(C(=O)C(C)C)CC2)c1[N+](=O)[O-]. The summed E-state index contributed by atoms with van der Waals surface area (Å²) in [6.07, 6.45) is 0.786. The average Bonchev–Trinajstić information content (AvgIpc) is 2.79. The Balaban J connectivity index is 2.24. The summed E-state index contributed by atoms with van der Waals surface area (Å²) in [6.45, 7) is 8.48. The molecule has 1 aromatic rings. The Morgan fingerprint density at radius 1 is 1.29 bits per heavy atom. The minimum Gasteiger partial charge on any atom is -0.487 e. The average molecular weight is 335 g/mol. The molecule has 24 heavy (non-hydrogen) atoms. The molecular formula is C17H25N3O4. The van der Waals surface area contributed by atoms with E-state index in [9.17, 15) is 14.9 Å². The highest BCUT2D eigenvalue weighted by Crippen LogP contribution is 2.37. The first-order chi connectivity index (χ1) is 11.5. The van der Waals surface area contributed by atoms with E-state index >= 15 is 0 Å². The first kappa shape index (κ1) is 18.0.